The number of pyridine rings is 1. The van der Waals surface area contributed by atoms with E-state index in [1.165, 1.54) is 0 Å². The molecular formula is C12H19NO2. The van der Waals surface area contributed by atoms with Crippen molar-refractivity contribution >= 4 is 0 Å². The van der Waals surface area contributed by atoms with Gasteiger partial charge in [0.15, 0.2) is 0 Å². The van der Waals surface area contributed by atoms with Gasteiger partial charge in [-0.25, -0.2) is 0 Å². The fourth-order valence-electron chi connectivity index (χ4n) is 1.53. The van der Waals surface area contributed by atoms with Gasteiger partial charge in [-0.3, -0.25) is 4.98 Å². The van der Waals surface area contributed by atoms with Crippen LogP contribution in [0.15, 0.2) is 18.3 Å². The van der Waals surface area contributed by atoms with Crippen LogP contribution in [0.4, 0.5) is 0 Å². The Bertz CT molecular complexity index is 308. The van der Waals surface area contributed by atoms with E-state index in [1.54, 1.807) is 13.3 Å². The number of aromatic nitrogens is 1. The molecule has 3 heteroatoms. The third-order valence-electron chi connectivity index (χ3n) is 2.73. The van der Waals surface area contributed by atoms with Crippen molar-refractivity contribution in [2.45, 2.75) is 26.4 Å². The smallest absolute Gasteiger partial charge is 0.117 e. The lowest BCUT2D eigenvalue weighted by Crippen LogP contribution is -2.37. The summed E-state index contributed by atoms with van der Waals surface area (Å²) in [6.45, 7) is 6.15. The maximum atomic E-state index is 10.5. The number of ether oxygens (including phenoxy) is 1. The predicted molar refractivity (Wildman–Crippen MR) is 59.6 cm³/mol. The SMILES string of the molecule is COCC(O)(c1ccc(C)nc1)C(C)C. The first-order valence-electron chi connectivity index (χ1n) is 5.15. The molecule has 0 radical (unpaired) electrons. The molecule has 0 aliphatic heterocycles. The summed E-state index contributed by atoms with van der Waals surface area (Å²) in [6, 6.07) is 3.81. The molecule has 15 heavy (non-hydrogen) atoms. The number of aliphatic hydroxyl groups is 1. The number of hydrogen-bond acceptors (Lipinski definition) is 3. The molecule has 0 aliphatic carbocycles. The predicted octanol–water partition coefficient (Wildman–Crippen LogP) is 1.88. The van der Waals surface area contributed by atoms with E-state index >= 15 is 0 Å². The van der Waals surface area contributed by atoms with Gasteiger partial charge < -0.3 is 9.84 Å². The Morgan fingerprint density at radius 1 is 1.47 bits per heavy atom. The molecule has 3 nitrogen and oxygen atoms in total. The zero-order chi connectivity index (χ0) is 11.5. The molecule has 0 spiro atoms. The normalized spacial score (nSPS) is 15.3. The van der Waals surface area contributed by atoms with Crippen LogP contribution in [0.3, 0.4) is 0 Å². The first-order valence-corrected chi connectivity index (χ1v) is 5.15. The van der Waals surface area contributed by atoms with E-state index < -0.39 is 5.60 Å². The molecule has 1 heterocycles. The summed E-state index contributed by atoms with van der Waals surface area (Å²) in [5, 5.41) is 10.5. The number of rotatable bonds is 4. The van der Waals surface area contributed by atoms with E-state index in [2.05, 4.69) is 4.98 Å². The van der Waals surface area contributed by atoms with Crippen LogP contribution in [0.5, 0.6) is 0 Å². The van der Waals surface area contributed by atoms with Gasteiger partial charge in [0.05, 0.1) is 6.61 Å². The average molecular weight is 209 g/mol. The lowest BCUT2D eigenvalue weighted by Gasteiger charge is -2.31. The van der Waals surface area contributed by atoms with Crippen molar-refractivity contribution in [3.63, 3.8) is 0 Å². The Morgan fingerprint density at radius 3 is 2.53 bits per heavy atom. The molecule has 1 unspecified atom stereocenters. The Labute approximate surface area is 91.1 Å². The van der Waals surface area contributed by atoms with E-state index in [-0.39, 0.29) is 12.5 Å². The van der Waals surface area contributed by atoms with E-state index in [0.29, 0.717) is 0 Å². The maximum Gasteiger partial charge on any atom is 0.117 e. The van der Waals surface area contributed by atoms with Crippen LogP contribution in [0.1, 0.15) is 25.1 Å². The molecule has 0 fully saturated rings. The van der Waals surface area contributed by atoms with Crippen LogP contribution in [0.25, 0.3) is 0 Å². The maximum absolute atomic E-state index is 10.5. The molecule has 1 rings (SSSR count). The fourth-order valence-corrected chi connectivity index (χ4v) is 1.53. The third-order valence-corrected chi connectivity index (χ3v) is 2.73. The summed E-state index contributed by atoms with van der Waals surface area (Å²) in [5.41, 5.74) is 0.808. The van der Waals surface area contributed by atoms with Gasteiger partial charge >= 0.3 is 0 Å². The second-order valence-corrected chi connectivity index (χ2v) is 4.20. The van der Waals surface area contributed by atoms with Gasteiger partial charge in [-0.1, -0.05) is 19.9 Å². The summed E-state index contributed by atoms with van der Waals surface area (Å²) in [4.78, 5) is 4.19. The average Bonchev–Trinajstić information content (AvgIpc) is 2.18. The number of methoxy groups -OCH3 is 1. The van der Waals surface area contributed by atoms with Crippen molar-refractivity contribution in [1.29, 1.82) is 0 Å². The van der Waals surface area contributed by atoms with Crippen molar-refractivity contribution in [3.05, 3.63) is 29.6 Å². The van der Waals surface area contributed by atoms with Gasteiger partial charge in [0.1, 0.15) is 5.60 Å². The standard InChI is InChI=1S/C12H19NO2/c1-9(2)12(14,8-15-4)11-6-5-10(3)13-7-11/h5-7,9,14H,8H2,1-4H3. The number of aryl methyl sites for hydroxylation is 1. The van der Waals surface area contributed by atoms with Crippen LogP contribution < -0.4 is 0 Å². The Balaban J connectivity index is 3.04. The van der Waals surface area contributed by atoms with Crippen LogP contribution >= 0.6 is 0 Å². The molecule has 0 amide bonds. The monoisotopic (exact) mass is 209 g/mol. The number of nitrogens with zero attached hydrogens (tertiary/aromatic N) is 1. The van der Waals surface area contributed by atoms with Gasteiger partial charge in [-0.15, -0.1) is 0 Å². The van der Waals surface area contributed by atoms with Crippen LogP contribution in [0.2, 0.25) is 0 Å². The van der Waals surface area contributed by atoms with Crippen molar-refractivity contribution in [2.75, 3.05) is 13.7 Å². The molecule has 1 aromatic heterocycles. The molecule has 0 bridgehead atoms. The van der Waals surface area contributed by atoms with Crippen molar-refractivity contribution < 1.29 is 9.84 Å². The zero-order valence-electron chi connectivity index (χ0n) is 9.82. The van der Waals surface area contributed by atoms with E-state index in [4.69, 9.17) is 4.74 Å². The first kappa shape index (κ1) is 12.1. The highest BCUT2D eigenvalue weighted by Gasteiger charge is 2.33. The highest BCUT2D eigenvalue weighted by atomic mass is 16.5. The molecule has 0 aromatic carbocycles. The quantitative estimate of drug-likeness (QED) is 0.823. The summed E-state index contributed by atoms with van der Waals surface area (Å²) in [7, 11) is 1.59. The summed E-state index contributed by atoms with van der Waals surface area (Å²) >= 11 is 0. The molecule has 1 N–H and O–H groups in total. The largest absolute Gasteiger partial charge is 0.382 e. The fraction of sp³-hybridized carbons (Fsp3) is 0.583. The Kier molecular flexibility index (Phi) is 3.83. The van der Waals surface area contributed by atoms with Crippen LogP contribution in [-0.4, -0.2) is 23.8 Å². The third kappa shape index (κ3) is 2.55. The Morgan fingerprint density at radius 2 is 2.13 bits per heavy atom. The Hall–Kier alpha value is -0.930. The second-order valence-electron chi connectivity index (χ2n) is 4.20. The van der Waals surface area contributed by atoms with Crippen molar-refractivity contribution in [2.24, 2.45) is 5.92 Å². The second kappa shape index (κ2) is 4.73. The molecule has 0 saturated heterocycles. The van der Waals surface area contributed by atoms with E-state index in [9.17, 15) is 5.11 Å². The molecule has 0 saturated carbocycles. The summed E-state index contributed by atoms with van der Waals surface area (Å²) in [6.07, 6.45) is 1.72. The minimum absolute atomic E-state index is 0.0851. The van der Waals surface area contributed by atoms with E-state index in [0.717, 1.165) is 11.3 Å². The van der Waals surface area contributed by atoms with Crippen molar-refractivity contribution in [1.82, 2.24) is 4.98 Å². The minimum Gasteiger partial charge on any atom is -0.382 e. The topological polar surface area (TPSA) is 42.4 Å². The lowest BCUT2D eigenvalue weighted by atomic mass is 9.85. The number of hydrogen-bond donors (Lipinski definition) is 1. The molecule has 84 valence electrons. The zero-order valence-corrected chi connectivity index (χ0v) is 9.82. The highest BCUT2D eigenvalue weighted by molar-refractivity contribution is 5.21. The molecule has 1 aromatic rings. The molecule has 1 atom stereocenters. The lowest BCUT2D eigenvalue weighted by molar-refractivity contribution is -0.0702. The van der Waals surface area contributed by atoms with E-state index in [1.807, 2.05) is 32.9 Å². The van der Waals surface area contributed by atoms with Gasteiger partial charge in [-0.2, -0.15) is 0 Å². The minimum atomic E-state index is -0.949. The van der Waals surface area contributed by atoms with Gasteiger partial charge in [-0.05, 0) is 18.9 Å². The molecule has 0 aliphatic rings. The van der Waals surface area contributed by atoms with Crippen LogP contribution in [0, 0.1) is 12.8 Å². The van der Waals surface area contributed by atoms with Crippen LogP contribution in [-0.2, 0) is 10.3 Å². The van der Waals surface area contributed by atoms with Gasteiger partial charge in [0.25, 0.3) is 0 Å². The first-order chi connectivity index (χ1) is 7.00. The van der Waals surface area contributed by atoms with Crippen molar-refractivity contribution in [3.8, 4) is 0 Å². The van der Waals surface area contributed by atoms with Gasteiger partial charge in [0.2, 0.25) is 0 Å². The molecular weight excluding hydrogens is 190 g/mol. The highest BCUT2D eigenvalue weighted by Crippen LogP contribution is 2.29. The van der Waals surface area contributed by atoms with Gasteiger partial charge in [0, 0.05) is 24.6 Å². The summed E-state index contributed by atoms with van der Waals surface area (Å²) in [5.74, 6) is 0.0851. The summed E-state index contributed by atoms with van der Waals surface area (Å²) < 4.78 is 5.08.